The van der Waals surface area contributed by atoms with E-state index in [0.717, 1.165) is 0 Å². The molecule has 0 fully saturated rings. The summed E-state index contributed by atoms with van der Waals surface area (Å²) in [4.78, 5) is 0. The monoisotopic (exact) mass is 96.1 g/mol. The van der Waals surface area contributed by atoms with Gasteiger partial charge in [0.05, 0.1) is 0 Å². The normalized spacial score (nSPS) is 6.29. The molecule has 7 heavy (non-hydrogen) atoms. The van der Waals surface area contributed by atoms with Gasteiger partial charge in [-0.25, -0.2) is 0 Å². The van der Waals surface area contributed by atoms with Gasteiger partial charge in [0.1, 0.15) is 0 Å². The van der Waals surface area contributed by atoms with Crippen molar-refractivity contribution in [1.82, 2.24) is 0 Å². The molecule has 0 spiro atoms. The summed E-state index contributed by atoms with van der Waals surface area (Å²) in [5.41, 5.74) is 0. The summed E-state index contributed by atoms with van der Waals surface area (Å²) in [6, 6.07) is 6.00. The third-order valence-corrected chi connectivity index (χ3v) is 0.667. The van der Waals surface area contributed by atoms with Crippen molar-refractivity contribution in [3.05, 3.63) is 30.1 Å². The Morgan fingerprint density at radius 1 is 0.857 bits per heavy atom. The van der Waals surface area contributed by atoms with Gasteiger partial charge in [-0.05, 0) is 0 Å². The molecule has 0 nitrogen and oxygen atoms in total. The summed E-state index contributed by atoms with van der Waals surface area (Å²) in [6.45, 7) is 2.00. The Morgan fingerprint density at radius 2 is 1.43 bits per heavy atom. The SMILES string of the molecule is F.b1ccccc1. The molecule has 0 N–H and O–H groups in total. The molecule has 0 atom stereocenters. The number of hydrogen-bond acceptors (Lipinski definition) is 0. The zero-order chi connectivity index (χ0) is 4.24. The molecule has 1 rings (SSSR count). The van der Waals surface area contributed by atoms with E-state index in [-0.39, 0.29) is 4.70 Å². The van der Waals surface area contributed by atoms with Crippen LogP contribution in [0.4, 0.5) is 4.70 Å². The fourth-order valence-corrected chi connectivity index (χ4v) is 0.385. The molecule has 1 aromatic heterocycles. The number of hydrogen-bond donors (Lipinski definition) is 0. The summed E-state index contributed by atoms with van der Waals surface area (Å²) >= 11 is 0. The van der Waals surface area contributed by atoms with Crippen molar-refractivity contribution in [3.8, 4) is 0 Å². The zero-order valence-corrected chi connectivity index (χ0v) is 3.87. The van der Waals surface area contributed by atoms with Crippen LogP contribution in [-0.2, 0) is 0 Å². The van der Waals surface area contributed by atoms with Crippen LogP contribution in [0.15, 0.2) is 30.1 Å². The molecule has 1 aromatic rings. The van der Waals surface area contributed by atoms with Crippen LogP contribution in [0.1, 0.15) is 0 Å². The van der Waals surface area contributed by atoms with Gasteiger partial charge in [-0.15, -0.1) is 0 Å². The van der Waals surface area contributed by atoms with Gasteiger partial charge in [0.2, 0.25) is 0 Å². The second-order valence-electron chi connectivity index (χ2n) is 1.15. The van der Waals surface area contributed by atoms with Gasteiger partial charge in [0, 0.05) is 0 Å². The van der Waals surface area contributed by atoms with Crippen LogP contribution in [0.5, 0.6) is 0 Å². The van der Waals surface area contributed by atoms with Crippen molar-refractivity contribution in [1.29, 1.82) is 0 Å². The van der Waals surface area contributed by atoms with E-state index in [9.17, 15) is 0 Å². The first-order chi connectivity index (χ1) is 3.00. The van der Waals surface area contributed by atoms with E-state index < -0.39 is 0 Å². The molecule has 0 radical (unpaired) electrons. The van der Waals surface area contributed by atoms with Gasteiger partial charge in [0.25, 0.3) is 0 Å². The van der Waals surface area contributed by atoms with E-state index in [4.69, 9.17) is 0 Å². The van der Waals surface area contributed by atoms with Crippen LogP contribution in [-0.4, -0.2) is 6.91 Å². The average Bonchev–Trinajstić information content (AvgIpc) is 1.72. The first-order valence-corrected chi connectivity index (χ1v) is 2.00. The van der Waals surface area contributed by atoms with E-state index in [1.807, 2.05) is 37.0 Å². The molecule has 0 aliphatic heterocycles. The molecule has 2 heteroatoms. The maximum absolute atomic E-state index is 2.00. The van der Waals surface area contributed by atoms with E-state index in [0.29, 0.717) is 0 Å². The van der Waals surface area contributed by atoms with Crippen LogP contribution < -0.4 is 0 Å². The molecule has 0 aliphatic carbocycles. The van der Waals surface area contributed by atoms with Gasteiger partial charge in [0.15, 0.2) is 0 Å². The molecule has 0 saturated carbocycles. The Kier molecular flexibility index (Phi) is 3.20. The molecule has 1 heterocycles. The van der Waals surface area contributed by atoms with E-state index in [2.05, 4.69) is 0 Å². The number of halogens is 1. The standard InChI is InChI=1S/C5H5B.FH/c1-2-4-6-5-3-1;/h1-5H;1H. The molecule has 0 aliphatic rings. The predicted molar refractivity (Wildman–Crippen MR) is 30.3 cm³/mol. The Labute approximate surface area is 42.8 Å². The Balaban J connectivity index is 0.000000360. The van der Waals surface area contributed by atoms with Crippen molar-refractivity contribution in [2.45, 2.75) is 0 Å². The summed E-state index contributed by atoms with van der Waals surface area (Å²) in [5.74, 6) is 4.00. The summed E-state index contributed by atoms with van der Waals surface area (Å²) in [5, 5.41) is 0. The fourth-order valence-electron chi connectivity index (χ4n) is 0.385. The molecule has 36 valence electrons. The predicted octanol–water partition coefficient (Wildman–Crippen LogP) is 1.18. The molecule has 0 saturated heterocycles. The first-order valence-electron chi connectivity index (χ1n) is 2.00. The number of rotatable bonds is 0. The van der Waals surface area contributed by atoms with Crippen molar-refractivity contribution in [2.75, 3.05) is 0 Å². The minimum atomic E-state index is 0. The topological polar surface area (TPSA) is 0 Å². The Morgan fingerprint density at radius 3 is 1.57 bits per heavy atom. The molecule has 0 bridgehead atoms. The van der Waals surface area contributed by atoms with Crippen molar-refractivity contribution < 1.29 is 4.70 Å². The van der Waals surface area contributed by atoms with E-state index in [1.165, 1.54) is 0 Å². The molecule has 0 amide bonds. The Hall–Kier alpha value is -0.655. The van der Waals surface area contributed by atoms with Crippen LogP contribution in [0.25, 0.3) is 0 Å². The fraction of sp³-hybridized carbons (Fsp3) is 0. The van der Waals surface area contributed by atoms with Crippen LogP contribution in [0.2, 0.25) is 0 Å². The second-order valence-corrected chi connectivity index (χ2v) is 1.15. The average molecular weight is 95.9 g/mol. The summed E-state index contributed by atoms with van der Waals surface area (Å²) in [6.07, 6.45) is 0. The third-order valence-electron chi connectivity index (χ3n) is 0.667. The third kappa shape index (κ3) is 2.09. The van der Waals surface area contributed by atoms with Gasteiger partial charge < -0.3 is 0 Å². The maximum atomic E-state index is 2.00. The van der Waals surface area contributed by atoms with Crippen molar-refractivity contribution in [3.63, 3.8) is 0 Å². The Bertz CT molecular complexity index is 80.0. The van der Waals surface area contributed by atoms with Crippen LogP contribution in [0, 0.1) is 0 Å². The molecular formula is C5H6BF. The van der Waals surface area contributed by atoms with E-state index >= 15 is 0 Å². The van der Waals surface area contributed by atoms with Gasteiger partial charge in [-0.2, -0.15) is 0 Å². The first kappa shape index (κ1) is 6.34. The van der Waals surface area contributed by atoms with Crippen LogP contribution in [0.3, 0.4) is 0 Å². The zero-order valence-electron chi connectivity index (χ0n) is 3.87. The van der Waals surface area contributed by atoms with E-state index in [1.54, 1.807) is 0 Å². The van der Waals surface area contributed by atoms with Crippen molar-refractivity contribution in [2.24, 2.45) is 0 Å². The minimum absolute atomic E-state index is 0. The van der Waals surface area contributed by atoms with Crippen LogP contribution >= 0.6 is 0 Å². The van der Waals surface area contributed by atoms with Crippen molar-refractivity contribution >= 4 is 6.91 Å². The van der Waals surface area contributed by atoms with Gasteiger partial charge in [-0.1, -0.05) is 0 Å². The second kappa shape index (κ2) is 3.53. The quantitative estimate of drug-likeness (QED) is 0.454. The summed E-state index contributed by atoms with van der Waals surface area (Å²) < 4.78 is 0. The van der Waals surface area contributed by atoms with Gasteiger partial charge in [-0.3, -0.25) is 4.70 Å². The molecule has 0 unspecified atom stereocenters. The molecule has 0 aromatic carbocycles. The summed E-state index contributed by atoms with van der Waals surface area (Å²) in [7, 11) is 0. The van der Waals surface area contributed by atoms with Gasteiger partial charge >= 0.3 is 37.0 Å². The molecular weight excluding hydrogens is 89.9 g/mol.